The van der Waals surface area contributed by atoms with Gasteiger partial charge in [-0.25, -0.2) is 4.98 Å². The quantitative estimate of drug-likeness (QED) is 0.393. The molecule has 0 bridgehead atoms. The summed E-state index contributed by atoms with van der Waals surface area (Å²) in [5.41, 5.74) is 2.00. The lowest BCUT2D eigenvalue weighted by molar-refractivity contribution is 0.322. The number of guanidine groups is 1. The molecule has 2 rings (SSSR count). The number of aromatic nitrogens is 1. The van der Waals surface area contributed by atoms with Crippen molar-refractivity contribution in [1.82, 2.24) is 15.6 Å². The molecule has 0 fully saturated rings. The molecule has 24 heavy (non-hydrogen) atoms. The van der Waals surface area contributed by atoms with E-state index in [9.17, 15) is 0 Å². The van der Waals surface area contributed by atoms with Crippen molar-refractivity contribution >= 4 is 41.5 Å². The molecule has 5 nitrogen and oxygen atoms in total. The van der Waals surface area contributed by atoms with Gasteiger partial charge in [0.05, 0.1) is 6.61 Å². The Morgan fingerprint density at radius 2 is 1.79 bits per heavy atom. The van der Waals surface area contributed by atoms with E-state index in [0.717, 1.165) is 16.1 Å². The third kappa shape index (κ3) is 6.16. The Kier molecular flexibility index (Phi) is 9.48. The minimum atomic E-state index is 0. The van der Waals surface area contributed by atoms with Crippen molar-refractivity contribution in [1.29, 1.82) is 0 Å². The van der Waals surface area contributed by atoms with Crippen LogP contribution in [0.2, 0.25) is 5.02 Å². The molecule has 0 saturated heterocycles. The number of aliphatic imine (C=N–C) groups is 1. The summed E-state index contributed by atoms with van der Waals surface area (Å²) in [6.45, 7) is 3.70. The van der Waals surface area contributed by atoms with Crippen LogP contribution in [0, 0.1) is 0 Å². The average Bonchev–Trinajstić information content (AvgIpc) is 2.58. The monoisotopic (exact) mass is 460 g/mol. The number of halogens is 2. The van der Waals surface area contributed by atoms with E-state index in [1.165, 1.54) is 0 Å². The van der Waals surface area contributed by atoms with Gasteiger partial charge in [0.2, 0.25) is 5.88 Å². The minimum Gasteiger partial charge on any atom is -0.478 e. The maximum atomic E-state index is 6.15. The SMILES string of the molecule is CCOc1ncccc1CNC(=NC)NCc1ccccc1Cl.I. The maximum absolute atomic E-state index is 6.15. The third-order valence-corrected chi connectivity index (χ3v) is 3.57. The molecule has 0 radical (unpaired) electrons. The van der Waals surface area contributed by atoms with E-state index in [2.05, 4.69) is 20.6 Å². The predicted octanol–water partition coefficient (Wildman–Crippen LogP) is 3.62. The van der Waals surface area contributed by atoms with Crippen molar-refractivity contribution in [2.24, 2.45) is 4.99 Å². The summed E-state index contributed by atoms with van der Waals surface area (Å²) in [5.74, 6) is 1.33. The van der Waals surface area contributed by atoms with Crippen molar-refractivity contribution < 1.29 is 4.74 Å². The lowest BCUT2D eigenvalue weighted by Crippen LogP contribution is -2.36. The molecule has 2 aromatic rings. The molecule has 0 aliphatic carbocycles. The van der Waals surface area contributed by atoms with Gasteiger partial charge in [-0.2, -0.15) is 0 Å². The third-order valence-electron chi connectivity index (χ3n) is 3.21. The molecule has 1 aromatic carbocycles. The Bertz CT molecular complexity index is 667. The second kappa shape index (κ2) is 11.1. The Balaban J connectivity index is 0.00000288. The van der Waals surface area contributed by atoms with E-state index in [-0.39, 0.29) is 24.0 Å². The van der Waals surface area contributed by atoms with Crippen LogP contribution >= 0.6 is 35.6 Å². The van der Waals surface area contributed by atoms with Crippen molar-refractivity contribution in [2.75, 3.05) is 13.7 Å². The first-order chi connectivity index (χ1) is 11.2. The molecule has 0 saturated carbocycles. The smallest absolute Gasteiger partial charge is 0.218 e. The van der Waals surface area contributed by atoms with Crippen molar-refractivity contribution in [3.63, 3.8) is 0 Å². The summed E-state index contributed by atoms with van der Waals surface area (Å²) in [6, 6.07) is 11.6. The Morgan fingerprint density at radius 1 is 1.12 bits per heavy atom. The highest BCUT2D eigenvalue weighted by Gasteiger charge is 2.06. The fraction of sp³-hybridized carbons (Fsp3) is 0.294. The number of nitrogens with zero attached hydrogens (tertiary/aromatic N) is 2. The predicted molar refractivity (Wildman–Crippen MR) is 109 cm³/mol. The zero-order valence-corrected chi connectivity index (χ0v) is 16.8. The highest BCUT2D eigenvalue weighted by Crippen LogP contribution is 2.15. The van der Waals surface area contributed by atoms with E-state index in [1.54, 1.807) is 13.2 Å². The number of hydrogen-bond acceptors (Lipinski definition) is 3. The van der Waals surface area contributed by atoms with Gasteiger partial charge in [-0.1, -0.05) is 35.9 Å². The van der Waals surface area contributed by atoms with Gasteiger partial charge in [-0.15, -0.1) is 24.0 Å². The highest BCUT2D eigenvalue weighted by molar-refractivity contribution is 14.0. The number of rotatable bonds is 6. The summed E-state index contributed by atoms with van der Waals surface area (Å²) in [5, 5.41) is 7.23. The Hall–Kier alpha value is -1.54. The number of ether oxygens (including phenoxy) is 1. The van der Waals surface area contributed by atoms with Crippen LogP contribution in [-0.2, 0) is 13.1 Å². The van der Waals surface area contributed by atoms with Crippen LogP contribution in [0.25, 0.3) is 0 Å². The van der Waals surface area contributed by atoms with Crippen LogP contribution in [0.1, 0.15) is 18.1 Å². The van der Waals surface area contributed by atoms with Gasteiger partial charge in [0.1, 0.15) is 0 Å². The van der Waals surface area contributed by atoms with Crippen LogP contribution in [-0.4, -0.2) is 24.6 Å². The molecule has 1 heterocycles. The van der Waals surface area contributed by atoms with Crippen molar-refractivity contribution in [3.05, 3.63) is 58.7 Å². The fourth-order valence-electron chi connectivity index (χ4n) is 2.05. The topological polar surface area (TPSA) is 58.5 Å². The largest absolute Gasteiger partial charge is 0.478 e. The molecule has 2 N–H and O–H groups in total. The number of pyridine rings is 1. The van der Waals surface area contributed by atoms with Crippen LogP contribution in [0.15, 0.2) is 47.6 Å². The molecule has 0 unspecified atom stereocenters. The van der Waals surface area contributed by atoms with Crippen LogP contribution < -0.4 is 15.4 Å². The van der Waals surface area contributed by atoms with E-state index >= 15 is 0 Å². The van der Waals surface area contributed by atoms with Gasteiger partial charge in [0.25, 0.3) is 0 Å². The highest BCUT2D eigenvalue weighted by atomic mass is 127. The normalized spacial score (nSPS) is 10.7. The van der Waals surface area contributed by atoms with Crippen molar-refractivity contribution in [3.8, 4) is 5.88 Å². The second-order valence-corrected chi connectivity index (χ2v) is 5.18. The van der Waals surface area contributed by atoms with Gasteiger partial charge in [0.15, 0.2) is 5.96 Å². The number of hydrogen-bond donors (Lipinski definition) is 2. The van der Waals surface area contributed by atoms with E-state index in [4.69, 9.17) is 16.3 Å². The summed E-state index contributed by atoms with van der Waals surface area (Å²) in [7, 11) is 1.73. The first-order valence-corrected chi connectivity index (χ1v) is 7.87. The van der Waals surface area contributed by atoms with E-state index < -0.39 is 0 Å². The van der Waals surface area contributed by atoms with Crippen LogP contribution in [0.5, 0.6) is 5.88 Å². The first-order valence-electron chi connectivity index (χ1n) is 7.49. The standard InChI is InChI=1S/C17H21ClN4O.HI/c1-3-23-16-14(8-6-10-20-16)12-22-17(19-2)21-11-13-7-4-5-9-15(13)18;/h4-10H,3,11-12H2,1-2H3,(H2,19,21,22);1H. The van der Waals surface area contributed by atoms with Gasteiger partial charge >= 0.3 is 0 Å². The van der Waals surface area contributed by atoms with Gasteiger partial charge in [0, 0.05) is 36.9 Å². The molecule has 1 aromatic heterocycles. The summed E-state index contributed by atoms with van der Waals surface area (Å²) in [6.07, 6.45) is 1.72. The van der Waals surface area contributed by atoms with Crippen LogP contribution in [0.4, 0.5) is 0 Å². The molecule has 7 heteroatoms. The summed E-state index contributed by atoms with van der Waals surface area (Å²) < 4.78 is 5.52. The van der Waals surface area contributed by atoms with Gasteiger partial charge < -0.3 is 15.4 Å². The zero-order chi connectivity index (χ0) is 16.5. The molecule has 0 amide bonds. The minimum absolute atomic E-state index is 0. The Labute approximate surface area is 164 Å². The molecule has 0 spiro atoms. The lowest BCUT2D eigenvalue weighted by atomic mass is 10.2. The zero-order valence-electron chi connectivity index (χ0n) is 13.8. The Morgan fingerprint density at radius 3 is 2.46 bits per heavy atom. The number of nitrogens with one attached hydrogen (secondary N) is 2. The summed E-state index contributed by atoms with van der Waals surface area (Å²) >= 11 is 6.15. The average molecular weight is 461 g/mol. The molecule has 130 valence electrons. The molecule has 0 aliphatic heterocycles. The second-order valence-electron chi connectivity index (χ2n) is 4.77. The molecule has 0 atom stereocenters. The van der Waals surface area contributed by atoms with Crippen molar-refractivity contribution in [2.45, 2.75) is 20.0 Å². The summed E-state index contributed by atoms with van der Waals surface area (Å²) in [4.78, 5) is 8.45. The lowest BCUT2D eigenvalue weighted by Gasteiger charge is -2.14. The molecular weight excluding hydrogens is 439 g/mol. The number of benzene rings is 1. The first kappa shape index (κ1) is 20.5. The van der Waals surface area contributed by atoms with Crippen LogP contribution in [0.3, 0.4) is 0 Å². The fourth-order valence-corrected chi connectivity index (χ4v) is 2.25. The maximum Gasteiger partial charge on any atom is 0.218 e. The van der Waals surface area contributed by atoms with Gasteiger partial charge in [-0.05, 0) is 24.6 Å². The van der Waals surface area contributed by atoms with Gasteiger partial charge in [-0.3, -0.25) is 4.99 Å². The van der Waals surface area contributed by atoms with E-state index in [1.807, 2.05) is 43.3 Å². The van der Waals surface area contributed by atoms with E-state index in [0.29, 0.717) is 31.5 Å². The molecular formula is C17H22ClIN4O. The molecule has 0 aliphatic rings.